The largest absolute Gasteiger partial charge is 0.491 e. The number of nitrogens with one attached hydrogen (secondary N) is 2. The van der Waals surface area contributed by atoms with Gasteiger partial charge in [0.1, 0.15) is 17.2 Å². The van der Waals surface area contributed by atoms with Crippen LogP contribution in [0.4, 0.5) is 5.69 Å². The third-order valence-corrected chi connectivity index (χ3v) is 4.10. The number of hydrogen-bond acceptors (Lipinski definition) is 4. The van der Waals surface area contributed by atoms with Crippen LogP contribution in [0.15, 0.2) is 77.0 Å². The van der Waals surface area contributed by atoms with Crippen molar-refractivity contribution in [2.75, 3.05) is 5.32 Å². The van der Waals surface area contributed by atoms with Crippen LogP contribution in [0.1, 0.15) is 35.5 Å². The van der Waals surface area contributed by atoms with Gasteiger partial charge in [-0.05, 0) is 57.2 Å². The molecule has 0 aliphatic heterocycles. The smallest absolute Gasteiger partial charge is 0.272 e. The molecule has 3 rings (SSSR count). The Balaban J connectivity index is 1.81. The number of anilines is 1. The molecule has 2 N–H and O–H groups in total. The van der Waals surface area contributed by atoms with Gasteiger partial charge in [0.2, 0.25) is 0 Å². The quantitative estimate of drug-likeness (QED) is 0.555. The summed E-state index contributed by atoms with van der Waals surface area (Å²) in [5.74, 6) is 0.220. The van der Waals surface area contributed by atoms with Crippen molar-refractivity contribution in [3.8, 4) is 5.75 Å². The second-order valence-electron chi connectivity index (χ2n) is 7.04. The average molecular weight is 404 g/mol. The SMILES string of the molecule is Cc1ccc(C(=O)N/C(=C\c2ccco2)C(=O)Nc2cccc(OC(C)C)c2)cc1. The van der Waals surface area contributed by atoms with Gasteiger partial charge in [-0.15, -0.1) is 0 Å². The molecule has 30 heavy (non-hydrogen) atoms. The molecule has 6 heteroatoms. The molecule has 0 spiro atoms. The lowest BCUT2D eigenvalue weighted by molar-refractivity contribution is -0.113. The van der Waals surface area contributed by atoms with Gasteiger partial charge in [0.25, 0.3) is 11.8 Å². The Hall–Kier alpha value is -3.80. The maximum absolute atomic E-state index is 12.9. The number of hydrogen-bond donors (Lipinski definition) is 2. The molecule has 0 fully saturated rings. The van der Waals surface area contributed by atoms with E-state index in [-0.39, 0.29) is 17.7 Å². The van der Waals surface area contributed by atoms with Crippen molar-refractivity contribution >= 4 is 23.6 Å². The zero-order valence-electron chi connectivity index (χ0n) is 17.1. The normalized spacial score (nSPS) is 11.3. The summed E-state index contributed by atoms with van der Waals surface area (Å²) in [5, 5.41) is 5.47. The predicted octanol–water partition coefficient (Wildman–Crippen LogP) is 4.78. The van der Waals surface area contributed by atoms with Crippen LogP contribution < -0.4 is 15.4 Å². The lowest BCUT2D eigenvalue weighted by Crippen LogP contribution is -2.30. The van der Waals surface area contributed by atoms with Crippen LogP contribution in [0.5, 0.6) is 5.75 Å². The highest BCUT2D eigenvalue weighted by Crippen LogP contribution is 2.19. The van der Waals surface area contributed by atoms with Gasteiger partial charge in [-0.2, -0.15) is 0 Å². The number of carbonyl (C=O) groups is 2. The summed E-state index contributed by atoms with van der Waals surface area (Å²) in [6.45, 7) is 5.79. The van der Waals surface area contributed by atoms with E-state index in [0.717, 1.165) is 5.56 Å². The number of rotatable bonds is 7. The summed E-state index contributed by atoms with van der Waals surface area (Å²) in [7, 11) is 0. The molecule has 0 unspecified atom stereocenters. The van der Waals surface area contributed by atoms with Crippen LogP contribution in [-0.4, -0.2) is 17.9 Å². The Labute approximate surface area is 175 Å². The van der Waals surface area contributed by atoms with E-state index in [9.17, 15) is 9.59 Å². The Kier molecular flexibility index (Phi) is 6.70. The molecule has 2 aromatic carbocycles. The van der Waals surface area contributed by atoms with Crippen LogP contribution in [-0.2, 0) is 4.79 Å². The fourth-order valence-corrected chi connectivity index (χ4v) is 2.69. The fourth-order valence-electron chi connectivity index (χ4n) is 2.69. The minimum Gasteiger partial charge on any atom is -0.491 e. The molecule has 0 saturated carbocycles. The molecular weight excluding hydrogens is 380 g/mol. The minimum atomic E-state index is -0.478. The summed E-state index contributed by atoms with van der Waals surface area (Å²) in [5.41, 5.74) is 2.10. The second-order valence-corrected chi connectivity index (χ2v) is 7.04. The van der Waals surface area contributed by atoms with Gasteiger partial charge in [0.15, 0.2) is 0 Å². The van der Waals surface area contributed by atoms with Crippen LogP contribution in [0.2, 0.25) is 0 Å². The number of benzene rings is 2. The molecule has 2 amide bonds. The average Bonchev–Trinajstić information content (AvgIpc) is 3.21. The number of carbonyl (C=O) groups excluding carboxylic acids is 2. The first kappa shape index (κ1) is 20.9. The van der Waals surface area contributed by atoms with E-state index >= 15 is 0 Å². The van der Waals surface area contributed by atoms with Crippen molar-refractivity contribution in [3.05, 3.63) is 89.5 Å². The highest BCUT2D eigenvalue weighted by Gasteiger charge is 2.16. The number of amides is 2. The molecule has 0 saturated heterocycles. The van der Waals surface area contributed by atoms with E-state index in [1.54, 1.807) is 42.5 Å². The third kappa shape index (κ3) is 5.85. The standard InChI is InChI=1S/C24H24N2O4/c1-16(2)30-21-7-4-6-19(14-21)25-24(28)22(15-20-8-5-13-29-20)26-23(27)18-11-9-17(3)10-12-18/h4-16H,1-3H3,(H,25,28)(H,26,27)/b22-15-. The summed E-state index contributed by atoms with van der Waals surface area (Å²) in [4.78, 5) is 25.6. The lowest BCUT2D eigenvalue weighted by Gasteiger charge is -2.13. The van der Waals surface area contributed by atoms with E-state index in [4.69, 9.17) is 9.15 Å². The summed E-state index contributed by atoms with van der Waals surface area (Å²) in [6.07, 6.45) is 2.99. The first-order valence-corrected chi connectivity index (χ1v) is 9.62. The maximum atomic E-state index is 12.9. The maximum Gasteiger partial charge on any atom is 0.272 e. The molecule has 0 aliphatic rings. The predicted molar refractivity (Wildman–Crippen MR) is 116 cm³/mol. The number of ether oxygens (including phenoxy) is 1. The molecular formula is C24H24N2O4. The summed E-state index contributed by atoms with van der Waals surface area (Å²) in [6, 6.07) is 17.6. The van der Waals surface area contributed by atoms with Gasteiger partial charge in [0.05, 0.1) is 12.4 Å². The molecule has 0 aliphatic carbocycles. The van der Waals surface area contributed by atoms with Crippen LogP contribution in [0, 0.1) is 6.92 Å². The monoisotopic (exact) mass is 404 g/mol. The minimum absolute atomic E-state index is 0.0131. The van der Waals surface area contributed by atoms with Crippen LogP contribution >= 0.6 is 0 Å². The Morgan fingerprint density at radius 2 is 1.80 bits per heavy atom. The Morgan fingerprint density at radius 3 is 2.47 bits per heavy atom. The molecule has 3 aromatic rings. The number of aryl methyl sites for hydroxylation is 1. The zero-order valence-corrected chi connectivity index (χ0v) is 17.1. The molecule has 0 radical (unpaired) electrons. The van der Waals surface area contributed by atoms with Gasteiger partial charge >= 0.3 is 0 Å². The Morgan fingerprint density at radius 1 is 1.03 bits per heavy atom. The number of furan rings is 1. The highest BCUT2D eigenvalue weighted by atomic mass is 16.5. The third-order valence-electron chi connectivity index (χ3n) is 4.10. The molecule has 6 nitrogen and oxygen atoms in total. The Bertz CT molecular complexity index is 1040. The first-order chi connectivity index (χ1) is 14.4. The second kappa shape index (κ2) is 9.60. The van der Waals surface area contributed by atoms with Crippen molar-refractivity contribution < 1.29 is 18.7 Å². The fraction of sp³-hybridized carbons (Fsp3) is 0.167. The van der Waals surface area contributed by atoms with Crippen LogP contribution in [0.3, 0.4) is 0 Å². The topological polar surface area (TPSA) is 80.6 Å². The van der Waals surface area contributed by atoms with Crippen molar-refractivity contribution in [1.82, 2.24) is 5.32 Å². The van der Waals surface area contributed by atoms with Crippen molar-refractivity contribution in [2.45, 2.75) is 26.9 Å². The first-order valence-electron chi connectivity index (χ1n) is 9.62. The van der Waals surface area contributed by atoms with Gasteiger partial charge < -0.3 is 19.8 Å². The molecule has 0 bridgehead atoms. The van der Waals surface area contributed by atoms with E-state index in [0.29, 0.717) is 22.8 Å². The van der Waals surface area contributed by atoms with Gasteiger partial charge in [-0.1, -0.05) is 23.8 Å². The zero-order chi connectivity index (χ0) is 21.5. The molecule has 1 aromatic heterocycles. The van der Waals surface area contributed by atoms with E-state index in [1.165, 1.54) is 12.3 Å². The van der Waals surface area contributed by atoms with Crippen LogP contribution in [0.25, 0.3) is 6.08 Å². The molecule has 1 heterocycles. The van der Waals surface area contributed by atoms with Crippen molar-refractivity contribution in [1.29, 1.82) is 0 Å². The van der Waals surface area contributed by atoms with Gasteiger partial charge in [-0.3, -0.25) is 9.59 Å². The van der Waals surface area contributed by atoms with E-state index in [1.807, 2.05) is 39.0 Å². The van der Waals surface area contributed by atoms with Gasteiger partial charge in [0, 0.05) is 23.4 Å². The highest BCUT2D eigenvalue weighted by molar-refractivity contribution is 6.10. The van der Waals surface area contributed by atoms with Gasteiger partial charge in [-0.25, -0.2) is 0 Å². The summed E-state index contributed by atoms with van der Waals surface area (Å²) >= 11 is 0. The molecule has 154 valence electrons. The lowest BCUT2D eigenvalue weighted by atomic mass is 10.1. The summed E-state index contributed by atoms with van der Waals surface area (Å²) < 4.78 is 11.0. The van der Waals surface area contributed by atoms with E-state index in [2.05, 4.69) is 10.6 Å². The van der Waals surface area contributed by atoms with Crippen molar-refractivity contribution in [2.24, 2.45) is 0 Å². The molecule has 0 atom stereocenters. The van der Waals surface area contributed by atoms with E-state index < -0.39 is 5.91 Å². The van der Waals surface area contributed by atoms with Crippen molar-refractivity contribution in [3.63, 3.8) is 0 Å².